The standard InChI is InChI=1S/C19H22N2O3/c1-13(2)6-11-18(22)20-17-5-3-4-16(12-17)14-7-9-15(10-8-14)19(23)21-24/h3-5,7-10,12-13,24H,6,11H2,1-2H3,(H,20,22)(H,21,23). The third-order valence-electron chi connectivity index (χ3n) is 3.68. The van der Waals surface area contributed by atoms with Gasteiger partial charge in [0.1, 0.15) is 0 Å². The second kappa shape index (κ2) is 8.26. The van der Waals surface area contributed by atoms with Crippen LogP contribution in [0.3, 0.4) is 0 Å². The molecular formula is C19H22N2O3. The van der Waals surface area contributed by atoms with E-state index in [4.69, 9.17) is 5.21 Å². The first-order chi connectivity index (χ1) is 11.5. The van der Waals surface area contributed by atoms with Crippen molar-refractivity contribution in [3.05, 3.63) is 54.1 Å². The van der Waals surface area contributed by atoms with Crippen LogP contribution in [0.1, 0.15) is 37.0 Å². The minimum Gasteiger partial charge on any atom is -0.326 e. The summed E-state index contributed by atoms with van der Waals surface area (Å²) in [6.07, 6.45) is 1.37. The van der Waals surface area contributed by atoms with Crippen LogP contribution < -0.4 is 10.8 Å². The molecule has 0 aliphatic carbocycles. The molecule has 5 nitrogen and oxygen atoms in total. The van der Waals surface area contributed by atoms with Gasteiger partial charge in [-0.05, 0) is 47.7 Å². The number of nitrogens with one attached hydrogen (secondary N) is 2. The first-order valence-electron chi connectivity index (χ1n) is 7.94. The van der Waals surface area contributed by atoms with E-state index in [2.05, 4.69) is 19.2 Å². The first kappa shape index (κ1) is 17.7. The van der Waals surface area contributed by atoms with Crippen LogP contribution in [0.25, 0.3) is 11.1 Å². The third-order valence-corrected chi connectivity index (χ3v) is 3.68. The number of rotatable bonds is 6. The molecule has 0 bridgehead atoms. The predicted molar refractivity (Wildman–Crippen MR) is 93.8 cm³/mol. The van der Waals surface area contributed by atoms with Crippen molar-refractivity contribution in [2.45, 2.75) is 26.7 Å². The van der Waals surface area contributed by atoms with Gasteiger partial charge < -0.3 is 5.32 Å². The maximum Gasteiger partial charge on any atom is 0.274 e. The summed E-state index contributed by atoms with van der Waals surface area (Å²) < 4.78 is 0. The monoisotopic (exact) mass is 326 g/mol. The lowest BCUT2D eigenvalue weighted by Crippen LogP contribution is -2.18. The number of carbonyl (C=O) groups excluding carboxylic acids is 2. The Morgan fingerprint density at radius 3 is 2.38 bits per heavy atom. The minimum absolute atomic E-state index is 0.0100. The van der Waals surface area contributed by atoms with Crippen LogP contribution in [-0.4, -0.2) is 17.0 Å². The number of hydrogen-bond acceptors (Lipinski definition) is 3. The molecule has 0 saturated heterocycles. The van der Waals surface area contributed by atoms with Gasteiger partial charge in [-0.3, -0.25) is 14.8 Å². The lowest BCUT2D eigenvalue weighted by molar-refractivity contribution is -0.116. The molecule has 0 radical (unpaired) electrons. The smallest absolute Gasteiger partial charge is 0.274 e. The summed E-state index contributed by atoms with van der Waals surface area (Å²) in [6.45, 7) is 4.18. The van der Waals surface area contributed by atoms with Gasteiger partial charge in [-0.25, -0.2) is 5.48 Å². The summed E-state index contributed by atoms with van der Waals surface area (Å²) in [4.78, 5) is 23.3. The molecule has 0 heterocycles. The molecule has 0 atom stereocenters. The molecule has 0 spiro atoms. The Labute approximate surface area is 141 Å². The van der Waals surface area contributed by atoms with E-state index in [0.29, 0.717) is 17.9 Å². The molecule has 0 saturated carbocycles. The number of hydrogen-bond donors (Lipinski definition) is 3. The van der Waals surface area contributed by atoms with Crippen molar-refractivity contribution in [3.63, 3.8) is 0 Å². The fraction of sp³-hybridized carbons (Fsp3) is 0.263. The number of hydroxylamine groups is 1. The SMILES string of the molecule is CC(C)CCC(=O)Nc1cccc(-c2ccc(C(=O)NO)cc2)c1. The molecule has 0 fully saturated rings. The summed E-state index contributed by atoms with van der Waals surface area (Å²) in [7, 11) is 0. The number of amides is 2. The van der Waals surface area contributed by atoms with Crippen LogP contribution in [0.15, 0.2) is 48.5 Å². The number of benzene rings is 2. The summed E-state index contributed by atoms with van der Waals surface area (Å²) in [5.41, 5.74) is 4.58. The molecule has 0 aliphatic rings. The van der Waals surface area contributed by atoms with Crippen LogP contribution in [0, 0.1) is 5.92 Å². The van der Waals surface area contributed by atoms with Gasteiger partial charge in [0.05, 0.1) is 0 Å². The van der Waals surface area contributed by atoms with Gasteiger partial charge in [-0.2, -0.15) is 0 Å². The Hall–Kier alpha value is -2.66. The lowest BCUT2D eigenvalue weighted by atomic mass is 10.0. The van der Waals surface area contributed by atoms with E-state index in [1.807, 2.05) is 24.3 Å². The second-order valence-electron chi connectivity index (χ2n) is 6.08. The van der Waals surface area contributed by atoms with E-state index in [1.54, 1.807) is 29.7 Å². The fourth-order valence-corrected chi connectivity index (χ4v) is 2.30. The highest BCUT2D eigenvalue weighted by Gasteiger charge is 2.07. The summed E-state index contributed by atoms with van der Waals surface area (Å²) >= 11 is 0. The molecule has 2 rings (SSSR count). The Bertz CT molecular complexity index is 709. The van der Waals surface area contributed by atoms with Crippen molar-refractivity contribution in [2.24, 2.45) is 5.92 Å². The van der Waals surface area contributed by atoms with Crippen LogP contribution >= 0.6 is 0 Å². The molecule has 0 aliphatic heterocycles. The molecule has 3 N–H and O–H groups in total. The van der Waals surface area contributed by atoms with Gasteiger partial charge in [-0.1, -0.05) is 38.1 Å². The maximum absolute atomic E-state index is 11.9. The van der Waals surface area contributed by atoms with Crippen LogP contribution in [0.2, 0.25) is 0 Å². The van der Waals surface area contributed by atoms with E-state index < -0.39 is 5.91 Å². The van der Waals surface area contributed by atoms with Crippen LogP contribution in [0.4, 0.5) is 5.69 Å². The highest BCUT2D eigenvalue weighted by atomic mass is 16.5. The molecule has 24 heavy (non-hydrogen) atoms. The van der Waals surface area contributed by atoms with Crippen molar-refractivity contribution in [1.29, 1.82) is 0 Å². The third kappa shape index (κ3) is 4.93. The Kier molecular flexibility index (Phi) is 6.09. The lowest BCUT2D eigenvalue weighted by Gasteiger charge is -2.09. The quantitative estimate of drug-likeness (QED) is 0.557. The normalized spacial score (nSPS) is 10.5. The van der Waals surface area contributed by atoms with E-state index >= 15 is 0 Å². The summed E-state index contributed by atoms with van der Waals surface area (Å²) in [5.74, 6) is -0.0414. The van der Waals surface area contributed by atoms with Gasteiger partial charge in [-0.15, -0.1) is 0 Å². The molecule has 2 aromatic carbocycles. The van der Waals surface area contributed by atoms with E-state index in [-0.39, 0.29) is 5.91 Å². The zero-order chi connectivity index (χ0) is 17.5. The fourth-order valence-electron chi connectivity index (χ4n) is 2.30. The predicted octanol–water partition coefficient (Wildman–Crippen LogP) is 3.85. The van der Waals surface area contributed by atoms with Crippen LogP contribution in [0.5, 0.6) is 0 Å². The van der Waals surface area contributed by atoms with E-state index in [9.17, 15) is 9.59 Å². The van der Waals surface area contributed by atoms with Gasteiger partial charge in [0.15, 0.2) is 0 Å². The Morgan fingerprint density at radius 2 is 1.75 bits per heavy atom. The number of anilines is 1. The largest absolute Gasteiger partial charge is 0.326 e. The number of carbonyl (C=O) groups is 2. The zero-order valence-corrected chi connectivity index (χ0v) is 13.9. The van der Waals surface area contributed by atoms with Gasteiger partial charge in [0.25, 0.3) is 5.91 Å². The second-order valence-corrected chi connectivity index (χ2v) is 6.08. The molecule has 5 heteroatoms. The molecular weight excluding hydrogens is 304 g/mol. The highest BCUT2D eigenvalue weighted by Crippen LogP contribution is 2.23. The molecule has 126 valence electrons. The maximum atomic E-state index is 11.9. The molecule has 2 aromatic rings. The Morgan fingerprint density at radius 1 is 1.04 bits per heavy atom. The summed E-state index contributed by atoms with van der Waals surface area (Å²) in [5, 5.41) is 11.5. The minimum atomic E-state index is -0.548. The van der Waals surface area contributed by atoms with E-state index in [0.717, 1.165) is 23.2 Å². The Balaban J connectivity index is 2.09. The van der Waals surface area contributed by atoms with Crippen LogP contribution in [-0.2, 0) is 4.79 Å². The highest BCUT2D eigenvalue weighted by molar-refractivity contribution is 5.94. The van der Waals surface area contributed by atoms with Crippen molar-refractivity contribution in [3.8, 4) is 11.1 Å². The van der Waals surface area contributed by atoms with Crippen molar-refractivity contribution < 1.29 is 14.8 Å². The van der Waals surface area contributed by atoms with Crippen molar-refractivity contribution in [1.82, 2.24) is 5.48 Å². The average Bonchev–Trinajstić information content (AvgIpc) is 2.59. The topological polar surface area (TPSA) is 78.4 Å². The zero-order valence-electron chi connectivity index (χ0n) is 13.9. The van der Waals surface area contributed by atoms with Crippen molar-refractivity contribution in [2.75, 3.05) is 5.32 Å². The van der Waals surface area contributed by atoms with E-state index in [1.165, 1.54) is 0 Å². The van der Waals surface area contributed by atoms with Gasteiger partial charge in [0, 0.05) is 17.7 Å². The molecule has 0 aromatic heterocycles. The molecule has 0 unspecified atom stereocenters. The molecule has 2 amide bonds. The van der Waals surface area contributed by atoms with Gasteiger partial charge >= 0.3 is 0 Å². The average molecular weight is 326 g/mol. The first-order valence-corrected chi connectivity index (χ1v) is 7.94. The summed E-state index contributed by atoms with van der Waals surface area (Å²) in [6, 6.07) is 14.4. The van der Waals surface area contributed by atoms with Gasteiger partial charge in [0.2, 0.25) is 5.91 Å². The van der Waals surface area contributed by atoms with Crippen molar-refractivity contribution >= 4 is 17.5 Å².